The molecule has 0 bridgehead atoms. The third kappa shape index (κ3) is 8.20. The maximum atomic E-state index is 13.1. The van der Waals surface area contributed by atoms with Gasteiger partial charge in [0.25, 0.3) is 5.91 Å². The molecule has 0 aromatic heterocycles. The van der Waals surface area contributed by atoms with Crippen LogP contribution < -0.4 is 29.3 Å². The van der Waals surface area contributed by atoms with Crippen LogP contribution in [-0.4, -0.2) is 36.5 Å². The van der Waals surface area contributed by atoms with Crippen molar-refractivity contribution < 1.29 is 38.3 Å². The van der Waals surface area contributed by atoms with Gasteiger partial charge in [-0.3, -0.25) is 4.79 Å². The first-order valence-electron chi connectivity index (χ1n) is 11.8. The molecule has 3 rings (SSSR count). The Bertz CT molecular complexity index is 946. The summed E-state index contributed by atoms with van der Waals surface area (Å²) in [6.07, 6.45) is 8.61. The average Bonchev–Trinajstić information content (AvgIpc) is 2.82. The van der Waals surface area contributed by atoms with Crippen LogP contribution in [0.2, 0.25) is 0 Å². The first-order valence-corrected chi connectivity index (χ1v) is 13.2. The number of carbonyl (C=O) groups is 2. The van der Waals surface area contributed by atoms with Crippen molar-refractivity contribution in [3.8, 4) is 11.1 Å². The molecule has 1 aliphatic carbocycles. The van der Waals surface area contributed by atoms with E-state index in [9.17, 15) is 14.7 Å². The fraction of sp³-hybridized carbons (Fsp3) is 0.481. The van der Waals surface area contributed by atoms with Crippen molar-refractivity contribution in [2.45, 2.75) is 58.1 Å². The van der Waals surface area contributed by atoms with Crippen LogP contribution in [-0.2, 0) is 16.1 Å². The molecule has 2 aromatic carbocycles. The Kier molecular flexibility index (Phi) is 12.3. The van der Waals surface area contributed by atoms with E-state index in [0.717, 1.165) is 28.9 Å². The van der Waals surface area contributed by atoms with Gasteiger partial charge >= 0.3 is 18.9 Å². The molecule has 0 aliphatic heterocycles. The van der Waals surface area contributed by atoms with Crippen molar-refractivity contribution in [3.05, 3.63) is 59.2 Å². The maximum absolute atomic E-state index is 13.1. The molecule has 2 aromatic rings. The van der Waals surface area contributed by atoms with Gasteiger partial charge < -0.3 is 20.0 Å². The fourth-order valence-electron chi connectivity index (χ4n) is 4.40. The summed E-state index contributed by atoms with van der Waals surface area (Å²) < 4.78 is 6.03. The van der Waals surface area contributed by atoms with Crippen LogP contribution in [0.25, 0.3) is 11.1 Å². The monoisotopic (exact) mass is 475 g/mol. The third-order valence-electron chi connectivity index (χ3n) is 6.31. The van der Waals surface area contributed by atoms with Crippen molar-refractivity contribution in [1.82, 2.24) is 5.32 Å². The quantitative estimate of drug-likeness (QED) is 0.497. The molecule has 0 radical (unpaired) electrons. The van der Waals surface area contributed by atoms with Crippen LogP contribution in [0.1, 0.15) is 60.0 Å². The minimum atomic E-state index is -1.26. The van der Waals surface area contributed by atoms with E-state index in [0.29, 0.717) is 30.3 Å². The predicted octanol–water partition coefficient (Wildman–Crippen LogP) is 1.36. The summed E-state index contributed by atoms with van der Waals surface area (Å²) in [6.45, 7) is 3.27. The Morgan fingerprint density at radius 3 is 2.53 bits per heavy atom. The van der Waals surface area contributed by atoms with Gasteiger partial charge in [0, 0.05) is 12.2 Å². The largest absolute Gasteiger partial charge is 1.00 e. The number of aryl methyl sites for hydroxylation is 1. The molecule has 0 heterocycles. The van der Waals surface area contributed by atoms with Crippen LogP contribution in [0.5, 0.6) is 0 Å². The Morgan fingerprint density at radius 1 is 1.12 bits per heavy atom. The van der Waals surface area contributed by atoms with E-state index < -0.39 is 17.9 Å². The van der Waals surface area contributed by atoms with Crippen LogP contribution in [0.15, 0.2) is 42.5 Å². The molecular formula is C27H34LiNO4S. The summed E-state index contributed by atoms with van der Waals surface area (Å²) in [5, 5.41) is 14.2. The van der Waals surface area contributed by atoms with E-state index in [1.54, 1.807) is 6.07 Å². The molecular weight excluding hydrogens is 441 g/mol. The number of hydrogen-bond donors (Lipinski definition) is 1. The fourth-order valence-corrected chi connectivity index (χ4v) is 4.87. The zero-order chi connectivity index (χ0) is 23.6. The predicted molar refractivity (Wildman–Crippen MR) is 132 cm³/mol. The molecule has 0 unspecified atom stereocenters. The number of amides is 1. The summed E-state index contributed by atoms with van der Waals surface area (Å²) in [7, 11) is 0. The molecule has 1 aliphatic rings. The summed E-state index contributed by atoms with van der Waals surface area (Å²) in [6, 6.07) is 12.5. The second-order valence-corrected chi connectivity index (χ2v) is 9.83. The molecule has 1 N–H and O–H groups in total. The Labute approximate surface area is 219 Å². The van der Waals surface area contributed by atoms with Crippen LogP contribution in [0.3, 0.4) is 0 Å². The van der Waals surface area contributed by atoms with E-state index >= 15 is 0 Å². The Morgan fingerprint density at radius 2 is 1.85 bits per heavy atom. The van der Waals surface area contributed by atoms with Gasteiger partial charge in [-0.1, -0.05) is 49.6 Å². The van der Waals surface area contributed by atoms with Crippen LogP contribution in [0, 0.1) is 12.8 Å². The van der Waals surface area contributed by atoms with Gasteiger partial charge in [0.2, 0.25) is 0 Å². The van der Waals surface area contributed by atoms with Crippen LogP contribution in [0.4, 0.5) is 0 Å². The van der Waals surface area contributed by atoms with Crippen molar-refractivity contribution in [1.29, 1.82) is 0 Å². The number of nitrogens with one attached hydrogen (secondary N) is 1. The standard InChI is InChI=1S/C27H35NO4S.Li/c1-19-8-6-7-11-22(19)24-16-21(18-32-17-20-9-4-3-5-10-20)12-13-23(24)26(29)28-25(27(30)31)14-15-33-2;/h6-8,11-13,16,20,25H,3-5,9-10,14-15,17-18H2,1-2H3,(H,28,29)(H,30,31);/q;+1/p-1/t25-;/m0./s1. The van der Waals surface area contributed by atoms with Gasteiger partial charge in [0.1, 0.15) is 0 Å². The molecule has 34 heavy (non-hydrogen) atoms. The molecule has 1 atom stereocenters. The first kappa shape index (κ1) is 28.5. The van der Waals surface area contributed by atoms with Gasteiger partial charge in [0.15, 0.2) is 0 Å². The molecule has 5 nitrogen and oxygen atoms in total. The van der Waals surface area contributed by atoms with Crippen molar-refractivity contribution in [3.63, 3.8) is 0 Å². The molecule has 7 heteroatoms. The Balaban J connectivity index is 0.00000408. The summed E-state index contributed by atoms with van der Waals surface area (Å²) in [5.41, 5.74) is 4.23. The zero-order valence-corrected chi connectivity index (χ0v) is 21.4. The van der Waals surface area contributed by atoms with E-state index in [1.807, 2.05) is 49.6 Å². The number of benzene rings is 2. The van der Waals surface area contributed by atoms with E-state index in [2.05, 4.69) is 5.32 Å². The summed E-state index contributed by atoms with van der Waals surface area (Å²) in [4.78, 5) is 24.7. The van der Waals surface area contributed by atoms with Gasteiger partial charge in [-0.15, -0.1) is 0 Å². The van der Waals surface area contributed by atoms with E-state index in [4.69, 9.17) is 4.74 Å². The number of ether oxygens (including phenoxy) is 1. The second kappa shape index (κ2) is 14.6. The molecule has 1 saturated carbocycles. The number of carboxylic acid groups (broad SMARTS) is 1. The SMILES string of the molecule is CSCC[C@H](NC(=O)c1ccc(COCC2CCCCC2)cc1-c1ccccc1C)C(=O)[O-].[Li+]. The van der Waals surface area contributed by atoms with Gasteiger partial charge in [-0.25, -0.2) is 0 Å². The van der Waals surface area contributed by atoms with Crippen molar-refractivity contribution in [2.24, 2.45) is 5.92 Å². The van der Waals surface area contributed by atoms with Gasteiger partial charge in [-0.05, 0) is 78.5 Å². The molecule has 0 saturated heterocycles. The number of rotatable bonds is 11. The minimum Gasteiger partial charge on any atom is -0.548 e. The van der Waals surface area contributed by atoms with Crippen LogP contribution >= 0.6 is 11.8 Å². The summed E-state index contributed by atoms with van der Waals surface area (Å²) in [5.74, 6) is -0.399. The topological polar surface area (TPSA) is 78.5 Å². The molecule has 1 amide bonds. The van der Waals surface area contributed by atoms with Crippen molar-refractivity contribution in [2.75, 3.05) is 18.6 Å². The zero-order valence-electron chi connectivity index (χ0n) is 20.6. The maximum Gasteiger partial charge on any atom is 1.00 e. The molecule has 0 spiro atoms. The number of carbonyl (C=O) groups excluding carboxylic acids is 2. The smallest absolute Gasteiger partial charge is 0.548 e. The van der Waals surface area contributed by atoms with E-state index in [-0.39, 0.29) is 18.9 Å². The number of carboxylic acids is 1. The number of hydrogen-bond acceptors (Lipinski definition) is 5. The van der Waals surface area contributed by atoms with Crippen molar-refractivity contribution >= 4 is 23.6 Å². The Hall–Kier alpha value is -1.71. The van der Waals surface area contributed by atoms with Gasteiger partial charge in [-0.2, -0.15) is 11.8 Å². The molecule has 178 valence electrons. The summed E-state index contributed by atoms with van der Waals surface area (Å²) >= 11 is 1.54. The number of aliphatic carboxylic acids is 1. The average molecular weight is 476 g/mol. The molecule has 1 fully saturated rings. The normalized spacial score (nSPS) is 14.8. The van der Waals surface area contributed by atoms with Gasteiger partial charge in [0.05, 0.1) is 18.6 Å². The number of thioether (sulfide) groups is 1. The van der Waals surface area contributed by atoms with E-state index in [1.165, 1.54) is 43.9 Å². The second-order valence-electron chi connectivity index (χ2n) is 8.84. The third-order valence-corrected chi connectivity index (χ3v) is 6.96. The first-order chi connectivity index (χ1) is 16.0. The minimum absolute atomic E-state index is 0.